The fraction of sp³-hybridized carbons (Fsp3) is 0.500. The molecule has 1 fully saturated rings. The van der Waals surface area contributed by atoms with Gasteiger partial charge in [0.1, 0.15) is 5.56 Å². The van der Waals surface area contributed by atoms with Gasteiger partial charge >= 0.3 is 5.97 Å². The molecule has 1 saturated carbocycles. The van der Waals surface area contributed by atoms with E-state index in [1.165, 1.54) is 12.3 Å². The molecule has 0 unspecified atom stereocenters. The number of aromatic carboxylic acids is 1. The van der Waals surface area contributed by atoms with Gasteiger partial charge in [-0.05, 0) is 29.9 Å². The molecule has 2 aromatic rings. The summed E-state index contributed by atoms with van der Waals surface area (Å²) in [6, 6.07) is 3.12. The Bertz CT molecular complexity index is 1060. The van der Waals surface area contributed by atoms with Crippen molar-refractivity contribution in [1.82, 2.24) is 9.55 Å². The van der Waals surface area contributed by atoms with E-state index in [0.717, 1.165) is 18.4 Å². The Balaban J connectivity index is 1.86. The second-order valence-corrected chi connectivity index (χ2v) is 8.67. The number of fused-ring (bicyclic) bond motifs is 6. The van der Waals surface area contributed by atoms with Crippen LogP contribution in [0.25, 0.3) is 11.4 Å². The Morgan fingerprint density at radius 2 is 2.10 bits per heavy atom. The lowest BCUT2D eigenvalue weighted by Crippen LogP contribution is -2.32. The van der Waals surface area contributed by atoms with E-state index in [9.17, 15) is 19.8 Å². The average Bonchev–Trinajstić information content (AvgIpc) is 3.01. The molecule has 0 spiro atoms. The predicted octanol–water partition coefficient (Wildman–Crippen LogP) is 3.19. The third kappa shape index (κ3) is 3.25. The standard InChI is InChI=1S/C22H26N2O6/c1-22(2)6-5-12-13-9-17(30-8-4-7-29-3)20(26)23-18(13)15-10-16(25)14(21(27)28)11-24(15)19(12)22/h9-12,19H,4-8H2,1-3H3,(H,23,26)(H,27,28)/t12-,19+/m1/s1. The van der Waals surface area contributed by atoms with Crippen LogP contribution in [0.2, 0.25) is 0 Å². The number of aromatic nitrogens is 2. The Morgan fingerprint density at radius 1 is 1.33 bits per heavy atom. The fourth-order valence-electron chi connectivity index (χ4n) is 4.88. The highest BCUT2D eigenvalue weighted by atomic mass is 16.5. The molecule has 30 heavy (non-hydrogen) atoms. The van der Waals surface area contributed by atoms with Gasteiger partial charge in [-0.2, -0.15) is 0 Å². The molecule has 1 aliphatic carbocycles. The summed E-state index contributed by atoms with van der Waals surface area (Å²) < 4.78 is 12.6. The Labute approximate surface area is 174 Å². The number of hydrogen-bond donors (Lipinski definition) is 2. The molecule has 1 aliphatic heterocycles. The van der Waals surface area contributed by atoms with Crippen molar-refractivity contribution in [3.05, 3.63) is 39.7 Å². The van der Waals surface area contributed by atoms with Gasteiger partial charge in [0.2, 0.25) is 0 Å². The van der Waals surface area contributed by atoms with Gasteiger partial charge < -0.3 is 24.3 Å². The van der Waals surface area contributed by atoms with Crippen LogP contribution in [0.15, 0.2) is 23.1 Å². The van der Waals surface area contributed by atoms with E-state index in [1.807, 2.05) is 10.6 Å². The lowest BCUT2D eigenvalue weighted by atomic mass is 9.79. The number of carbonyl (C=O) groups is 1. The maximum atomic E-state index is 12.4. The Kier molecular flexibility index (Phi) is 5.05. The number of carboxylic acid groups (broad SMARTS) is 1. The summed E-state index contributed by atoms with van der Waals surface area (Å²) in [6.07, 6.45) is 3.96. The van der Waals surface area contributed by atoms with Crippen LogP contribution >= 0.6 is 0 Å². The maximum absolute atomic E-state index is 12.4. The van der Waals surface area contributed by atoms with Gasteiger partial charge in [0, 0.05) is 44.4 Å². The molecular formula is C22H26N2O6. The zero-order valence-electron chi connectivity index (χ0n) is 17.3. The second-order valence-electron chi connectivity index (χ2n) is 8.67. The number of carboxylic acids is 1. The molecule has 160 valence electrons. The van der Waals surface area contributed by atoms with Gasteiger partial charge in [0.25, 0.3) is 5.88 Å². The summed E-state index contributed by atoms with van der Waals surface area (Å²) in [4.78, 5) is 28.4. The average molecular weight is 414 g/mol. The zero-order valence-corrected chi connectivity index (χ0v) is 17.3. The quantitative estimate of drug-likeness (QED) is 0.698. The minimum absolute atomic E-state index is 0.0219. The lowest BCUT2D eigenvalue weighted by Gasteiger charge is -2.39. The summed E-state index contributed by atoms with van der Waals surface area (Å²) in [5.74, 6) is -1.10. The first kappa shape index (κ1) is 20.4. The number of pyridine rings is 2. The van der Waals surface area contributed by atoms with Crippen LogP contribution in [0.1, 0.15) is 61.0 Å². The van der Waals surface area contributed by atoms with Crippen LogP contribution in [0.3, 0.4) is 0 Å². The first-order valence-electron chi connectivity index (χ1n) is 10.1. The van der Waals surface area contributed by atoms with Crippen molar-refractivity contribution < 1.29 is 24.5 Å². The molecule has 2 atom stereocenters. The molecule has 4 rings (SSSR count). The summed E-state index contributed by atoms with van der Waals surface area (Å²) in [5, 5.41) is 19.9. The lowest BCUT2D eigenvalue weighted by molar-refractivity contribution is 0.0693. The molecule has 2 N–H and O–H groups in total. The predicted molar refractivity (Wildman–Crippen MR) is 109 cm³/mol. The van der Waals surface area contributed by atoms with Crippen molar-refractivity contribution in [2.24, 2.45) is 5.41 Å². The molecule has 8 nitrogen and oxygen atoms in total. The number of ether oxygens (including phenoxy) is 2. The van der Waals surface area contributed by atoms with E-state index in [1.54, 1.807) is 7.11 Å². The maximum Gasteiger partial charge on any atom is 0.341 e. The van der Waals surface area contributed by atoms with Crippen molar-refractivity contribution in [1.29, 1.82) is 0 Å². The highest BCUT2D eigenvalue weighted by molar-refractivity contribution is 5.87. The number of rotatable bonds is 6. The first-order chi connectivity index (χ1) is 14.2. The van der Waals surface area contributed by atoms with Crippen molar-refractivity contribution in [2.45, 2.75) is 45.1 Å². The van der Waals surface area contributed by atoms with E-state index in [0.29, 0.717) is 36.8 Å². The van der Waals surface area contributed by atoms with E-state index in [-0.39, 0.29) is 28.8 Å². The van der Waals surface area contributed by atoms with Crippen LogP contribution in [0.5, 0.6) is 11.6 Å². The van der Waals surface area contributed by atoms with Crippen molar-refractivity contribution in [3.63, 3.8) is 0 Å². The third-order valence-corrected chi connectivity index (χ3v) is 6.28. The van der Waals surface area contributed by atoms with Gasteiger partial charge in [0.05, 0.1) is 18.0 Å². The molecule has 0 bridgehead atoms. The summed E-state index contributed by atoms with van der Waals surface area (Å²) >= 11 is 0. The molecular weight excluding hydrogens is 388 g/mol. The zero-order chi connectivity index (χ0) is 21.6. The number of methoxy groups -OCH3 is 1. The van der Waals surface area contributed by atoms with Crippen LogP contribution in [0, 0.1) is 5.41 Å². The molecule has 0 aromatic carbocycles. The van der Waals surface area contributed by atoms with E-state index < -0.39 is 11.4 Å². The van der Waals surface area contributed by atoms with Crippen LogP contribution in [-0.4, -0.2) is 46.1 Å². The molecule has 2 aromatic heterocycles. The van der Waals surface area contributed by atoms with Crippen LogP contribution in [0.4, 0.5) is 0 Å². The summed E-state index contributed by atoms with van der Waals surface area (Å²) in [5.41, 5.74) is 1.02. The third-order valence-electron chi connectivity index (χ3n) is 6.28. The van der Waals surface area contributed by atoms with Crippen molar-refractivity contribution in [3.8, 4) is 23.0 Å². The fourth-order valence-corrected chi connectivity index (χ4v) is 4.88. The Hall–Kier alpha value is -2.87. The summed E-state index contributed by atoms with van der Waals surface area (Å²) in [6.45, 7) is 5.25. The summed E-state index contributed by atoms with van der Waals surface area (Å²) in [7, 11) is 1.62. The van der Waals surface area contributed by atoms with Crippen LogP contribution < -0.4 is 10.2 Å². The van der Waals surface area contributed by atoms with Gasteiger partial charge in [-0.3, -0.25) is 4.79 Å². The smallest absolute Gasteiger partial charge is 0.341 e. The van der Waals surface area contributed by atoms with Gasteiger partial charge in [-0.25, -0.2) is 9.78 Å². The molecule has 2 aliphatic rings. The van der Waals surface area contributed by atoms with Crippen molar-refractivity contribution in [2.75, 3.05) is 20.3 Å². The minimum atomic E-state index is -1.25. The monoisotopic (exact) mass is 414 g/mol. The molecule has 8 heteroatoms. The largest absolute Gasteiger partial charge is 0.491 e. The minimum Gasteiger partial charge on any atom is -0.491 e. The van der Waals surface area contributed by atoms with E-state index in [4.69, 9.17) is 9.47 Å². The van der Waals surface area contributed by atoms with Gasteiger partial charge in [-0.15, -0.1) is 0 Å². The highest BCUT2D eigenvalue weighted by Crippen LogP contribution is 2.59. The van der Waals surface area contributed by atoms with E-state index in [2.05, 4.69) is 18.8 Å². The first-order valence-corrected chi connectivity index (χ1v) is 10.1. The number of aromatic hydroxyl groups is 1. The molecule has 3 heterocycles. The van der Waals surface area contributed by atoms with E-state index >= 15 is 0 Å². The number of hydrogen-bond acceptors (Lipinski definition) is 6. The second kappa shape index (κ2) is 7.43. The van der Waals surface area contributed by atoms with Crippen LogP contribution in [-0.2, 0) is 4.74 Å². The van der Waals surface area contributed by atoms with Gasteiger partial charge in [0.15, 0.2) is 11.2 Å². The van der Waals surface area contributed by atoms with Crippen molar-refractivity contribution >= 4 is 5.97 Å². The molecule has 0 saturated heterocycles. The Morgan fingerprint density at radius 3 is 2.80 bits per heavy atom. The number of nitrogens with zero attached hydrogens (tertiary/aromatic N) is 2. The van der Waals surface area contributed by atoms with Gasteiger partial charge in [-0.1, -0.05) is 13.8 Å². The molecule has 0 amide bonds. The topological polar surface area (TPSA) is 111 Å². The molecule has 0 radical (unpaired) electrons. The SMILES string of the molecule is COCCCOc1cc2c(nc1O)-c1cc(=O)c(C(=O)O)cn1[C@H]1[C@@H]2CCC1(C)C. The highest BCUT2D eigenvalue weighted by Gasteiger charge is 2.48. The normalized spacial score (nSPS) is 20.9.